The first-order valence-electron chi connectivity index (χ1n) is 7.97. The highest BCUT2D eigenvalue weighted by atomic mass is 35.5. The van der Waals surface area contributed by atoms with Gasteiger partial charge in [0.05, 0.1) is 22.6 Å². The van der Waals surface area contributed by atoms with E-state index < -0.39 is 17.1 Å². The number of rotatable bonds is 3. The molecule has 1 saturated heterocycles. The predicted octanol–water partition coefficient (Wildman–Crippen LogP) is 4.26. The van der Waals surface area contributed by atoms with E-state index in [9.17, 15) is 14.4 Å². The molecule has 3 aromatic rings. The van der Waals surface area contributed by atoms with Crippen LogP contribution in [-0.2, 0) is 9.53 Å². The molecule has 1 aliphatic heterocycles. The number of amides is 2. The molecular weight excluding hydrogens is 404 g/mol. The second-order valence-electron chi connectivity index (χ2n) is 5.79. The molecule has 0 atom stereocenters. The van der Waals surface area contributed by atoms with Crippen LogP contribution in [0.5, 0.6) is 0 Å². The molecule has 2 aromatic heterocycles. The van der Waals surface area contributed by atoms with E-state index >= 15 is 0 Å². The first-order valence-corrected chi connectivity index (χ1v) is 9.16. The number of thioether (sulfide) groups is 1. The predicted molar refractivity (Wildman–Crippen MR) is 105 cm³/mol. The number of carbonyl (C=O) groups is 3. The van der Waals surface area contributed by atoms with Crippen LogP contribution in [0.4, 0.5) is 4.79 Å². The van der Waals surface area contributed by atoms with Gasteiger partial charge in [-0.15, -0.1) is 0 Å². The van der Waals surface area contributed by atoms with Gasteiger partial charge in [-0.2, -0.15) is 0 Å². The zero-order chi connectivity index (χ0) is 19.8. The Morgan fingerprint density at radius 2 is 2.11 bits per heavy atom. The van der Waals surface area contributed by atoms with E-state index in [1.165, 1.54) is 13.2 Å². The summed E-state index contributed by atoms with van der Waals surface area (Å²) in [6.45, 7) is 0. The molecule has 1 aromatic carbocycles. The molecule has 7 nitrogen and oxygen atoms in total. The number of pyridine rings is 1. The lowest BCUT2D eigenvalue weighted by atomic mass is 10.0. The van der Waals surface area contributed by atoms with Crippen molar-refractivity contribution in [2.24, 2.45) is 0 Å². The number of imide groups is 1. The normalized spacial score (nSPS) is 15.3. The topological polar surface area (TPSA) is 98.5 Å². The number of hydrogen-bond acceptors (Lipinski definition) is 7. The number of halogens is 1. The van der Waals surface area contributed by atoms with Crippen molar-refractivity contribution in [3.05, 3.63) is 57.9 Å². The monoisotopic (exact) mass is 414 g/mol. The minimum atomic E-state index is -0.550. The van der Waals surface area contributed by atoms with Gasteiger partial charge in [-0.05, 0) is 35.5 Å². The van der Waals surface area contributed by atoms with E-state index in [4.69, 9.17) is 20.8 Å². The fourth-order valence-corrected chi connectivity index (χ4v) is 3.63. The molecule has 0 bridgehead atoms. The van der Waals surface area contributed by atoms with Crippen molar-refractivity contribution < 1.29 is 23.5 Å². The number of furan rings is 1. The lowest BCUT2D eigenvalue weighted by Gasteiger charge is -2.06. The fourth-order valence-electron chi connectivity index (χ4n) is 2.77. The van der Waals surface area contributed by atoms with Gasteiger partial charge in [0, 0.05) is 29.4 Å². The quantitative estimate of drug-likeness (QED) is 0.505. The number of ether oxygens (including phenoxy) is 1. The Kier molecular flexibility index (Phi) is 4.66. The van der Waals surface area contributed by atoms with Crippen molar-refractivity contribution in [1.82, 2.24) is 10.3 Å². The minimum absolute atomic E-state index is 0.227. The number of methoxy groups -OCH3 is 1. The minimum Gasteiger partial charge on any atom is -0.465 e. The summed E-state index contributed by atoms with van der Waals surface area (Å²) in [5, 5.41) is 2.74. The lowest BCUT2D eigenvalue weighted by Crippen LogP contribution is -2.17. The molecule has 1 N–H and O–H groups in total. The third kappa shape index (κ3) is 3.28. The molecule has 28 heavy (non-hydrogen) atoms. The van der Waals surface area contributed by atoms with E-state index in [2.05, 4.69) is 10.3 Å². The number of carbonyl (C=O) groups excluding carboxylic acids is 3. The van der Waals surface area contributed by atoms with Crippen molar-refractivity contribution in [2.75, 3.05) is 7.11 Å². The Morgan fingerprint density at radius 3 is 2.82 bits per heavy atom. The van der Waals surface area contributed by atoms with E-state index in [0.29, 0.717) is 27.9 Å². The van der Waals surface area contributed by atoms with Gasteiger partial charge in [0.2, 0.25) is 0 Å². The highest BCUT2D eigenvalue weighted by Crippen LogP contribution is 2.34. The second-order valence-corrected chi connectivity index (χ2v) is 7.21. The number of hydrogen-bond donors (Lipinski definition) is 1. The number of aromatic nitrogens is 1. The zero-order valence-corrected chi connectivity index (χ0v) is 15.9. The molecule has 0 aliphatic carbocycles. The van der Waals surface area contributed by atoms with Crippen molar-refractivity contribution in [3.63, 3.8) is 0 Å². The highest BCUT2D eigenvalue weighted by Gasteiger charge is 2.25. The molecule has 3 heterocycles. The maximum atomic E-state index is 11.9. The van der Waals surface area contributed by atoms with E-state index in [0.717, 1.165) is 11.8 Å². The molecule has 1 aliphatic rings. The molecule has 0 unspecified atom stereocenters. The summed E-state index contributed by atoms with van der Waals surface area (Å²) in [6.07, 6.45) is 4.72. The van der Waals surface area contributed by atoms with E-state index in [1.54, 1.807) is 36.7 Å². The summed E-state index contributed by atoms with van der Waals surface area (Å²) in [5.74, 6) is -0.612. The van der Waals surface area contributed by atoms with Crippen LogP contribution in [0.2, 0.25) is 5.02 Å². The van der Waals surface area contributed by atoms with Gasteiger partial charge in [-0.1, -0.05) is 17.7 Å². The third-order valence-electron chi connectivity index (χ3n) is 4.04. The van der Waals surface area contributed by atoms with Crippen molar-refractivity contribution in [3.8, 4) is 11.1 Å². The van der Waals surface area contributed by atoms with Gasteiger partial charge in [-0.3, -0.25) is 19.9 Å². The molecule has 1 fully saturated rings. The fraction of sp³-hybridized carbons (Fsp3) is 0.0526. The smallest absolute Gasteiger partial charge is 0.339 e. The molecule has 0 saturated carbocycles. The second kappa shape index (κ2) is 7.14. The van der Waals surface area contributed by atoms with Crippen LogP contribution < -0.4 is 5.32 Å². The van der Waals surface area contributed by atoms with Gasteiger partial charge in [0.25, 0.3) is 11.1 Å². The summed E-state index contributed by atoms with van der Waals surface area (Å²) < 4.78 is 10.6. The van der Waals surface area contributed by atoms with Crippen molar-refractivity contribution in [2.45, 2.75) is 0 Å². The van der Waals surface area contributed by atoms with Gasteiger partial charge >= 0.3 is 5.97 Å². The third-order valence-corrected chi connectivity index (χ3v) is 5.18. The number of fused-ring (bicyclic) bond motifs is 1. The van der Waals surface area contributed by atoms with Crippen LogP contribution in [-0.4, -0.2) is 29.2 Å². The van der Waals surface area contributed by atoms with Crippen LogP contribution in [0, 0.1) is 0 Å². The molecule has 9 heteroatoms. The number of benzene rings is 1. The summed E-state index contributed by atoms with van der Waals surface area (Å²) in [6, 6.07) is 6.65. The van der Waals surface area contributed by atoms with Gasteiger partial charge in [0.1, 0.15) is 11.3 Å². The Hall–Kier alpha value is -3.10. The number of nitrogens with one attached hydrogen (secondary N) is 1. The van der Waals surface area contributed by atoms with Crippen LogP contribution in [0.15, 0.2) is 46.0 Å². The van der Waals surface area contributed by atoms with Gasteiger partial charge in [-0.25, -0.2) is 4.79 Å². The molecule has 4 rings (SSSR count). The molecular formula is C19H11ClN2O5S. The van der Waals surface area contributed by atoms with E-state index in [-0.39, 0.29) is 15.5 Å². The van der Waals surface area contributed by atoms with Crippen molar-refractivity contribution in [1.29, 1.82) is 0 Å². The highest BCUT2D eigenvalue weighted by molar-refractivity contribution is 8.18. The molecule has 140 valence electrons. The zero-order valence-electron chi connectivity index (χ0n) is 14.3. The summed E-state index contributed by atoms with van der Waals surface area (Å²) in [5.41, 5.74) is 2.06. The van der Waals surface area contributed by atoms with E-state index in [1.807, 2.05) is 0 Å². The van der Waals surface area contributed by atoms with Crippen LogP contribution in [0.25, 0.3) is 28.2 Å². The molecule has 2 amide bonds. The standard InChI is InChI=1S/C19H11ClN2O5S/c1-26-18(24)12-5-9(2-3-14(12)20)13-8-21-7-10-4-11(27-16(10)13)6-15-17(23)22-19(25)28-15/h2-8H,1H3,(H,22,23,25)/b15-6-. The van der Waals surface area contributed by atoms with Gasteiger partial charge < -0.3 is 9.15 Å². The maximum absolute atomic E-state index is 11.9. The largest absolute Gasteiger partial charge is 0.465 e. The Morgan fingerprint density at radius 1 is 1.29 bits per heavy atom. The number of esters is 1. The SMILES string of the molecule is COC(=O)c1cc(-c2cncc3cc(/C=C4\SC(=O)NC4=O)oc23)ccc1Cl. The Labute approximate surface area is 167 Å². The first kappa shape index (κ1) is 18.3. The first-order chi connectivity index (χ1) is 13.5. The van der Waals surface area contributed by atoms with Crippen LogP contribution >= 0.6 is 23.4 Å². The van der Waals surface area contributed by atoms with Gasteiger partial charge in [0.15, 0.2) is 0 Å². The van der Waals surface area contributed by atoms with Crippen LogP contribution in [0.1, 0.15) is 16.1 Å². The summed E-state index contributed by atoms with van der Waals surface area (Å²) >= 11 is 6.89. The number of nitrogens with zero attached hydrogens (tertiary/aromatic N) is 1. The van der Waals surface area contributed by atoms with Crippen LogP contribution in [0.3, 0.4) is 0 Å². The van der Waals surface area contributed by atoms with Crippen molar-refractivity contribution >= 4 is 57.5 Å². The molecule has 0 spiro atoms. The summed E-state index contributed by atoms with van der Waals surface area (Å²) in [7, 11) is 1.28. The average molecular weight is 415 g/mol. The maximum Gasteiger partial charge on any atom is 0.339 e. The Bertz CT molecular complexity index is 1180. The summed E-state index contributed by atoms with van der Waals surface area (Å²) in [4.78, 5) is 39.4. The average Bonchev–Trinajstić information content (AvgIpc) is 3.23. The Balaban J connectivity index is 1.80. The molecule has 0 radical (unpaired) electrons. The lowest BCUT2D eigenvalue weighted by molar-refractivity contribution is -0.115.